The first kappa shape index (κ1) is 14.5. The van der Waals surface area contributed by atoms with Crippen molar-refractivity contribution < 1.29 is 0 Å². The van der Waals surface area contributed by atoms with Gasteiger partial charge in [0.25, 0.3) is 0 Å². The Balaban J connectivity index is 2.51. The van der Waals surface area contributed by atoms with Gasteiger partial charge in [0, 0.05) is 21.9 Å². The molecule has 1 aromatic carbocycles. The van der Waals surface area contributed by atoms with E-state index in [4.69, 9.17) is 11.6 Å². The molecule has 1 heterocycles. The van der Waals surface area contributed by atoms with Crippen molar-refractivity contribution in [3.8, 4) is 0 Å². The van der Waals surface area contributed by atoms with Gasteiger partial charge >= 0.3 is 0 Å². The molecule has 19 heavy (non-hydrogen) atoms. The standard InChI is InChI=1S/C15H16BrClN2/c1-3-19-15(13-9-18-7-6-10(13)2)12-8-11(16)4-5-14(12)17/h4-9,15,19H,3H2,1-2H3. The largest absolute Gasteiger partial charge is 0.306 e. The zero-order chi connectivity index (χ0) is 13.8. The van der Waals surface area contributed by atoms with Crippen LogP contribution >= 0.6 is 27.5 Å². The lowest BCUT2D eigenvalue weighted by Crippen LogP contribution is -2.23. The Hall–Kier alpha value is -0.900. The van der Waals surface area contributed by atoms with Crippen LogP contribution in [0.2, 0.25) is 5.02 Å². The molecule has 0 saturated carbocycles. The van der Waals surface area contributed by atoms with Crippen LogP contribution in [-0.2, 0) is 0 Å². The second kappa shape index (κ2) is 6.51. The van der Waals surface area contributed by atoms with Gasteiger partial charge in [-0.25, -0.2) is 0 Å². The lowest BCUT2D eigenvalue weighted by molar-refractivity contribution is 0.625. The number of aromatic nitrogens is 1. The van der Waals surface area contributed by atoms with Crippen molar-refractivity contribution in [1.82, 2.24) is 10.3 Å². The molecule has 0 spiro atoms. The average molecular weight is 340 g/mol. The number of pyridine rings is 1. The summed E-state index contributed by atoms with van der Waals surface area (Å²) in [5, 5.41) is 4.24. The van der Waals surface area contributed by atoms with Crippen LogP contribution < -0.4 is 5.32 Å². The summed E-state index contributed by atoms with van der Waals surface area (Å²) in [6.45, 7) is 5.04. The van der Waals surface area contributed by atoms with E-state index in [1.165, 1.54) is 5.56 Å². The summed E-state index contributed by atoms with van der Waals surface area (Å²) in [6, 6.07) is 8.00. The number of nitrogens with zero attached hydrogens (tertiary/aromatic N) is 1. The van der Waals surface area contributed by atoms with Gasteiger partial charge in [0.15, 0.2) is 0 Å². The minimum Gasteiger partial charge on any atom is -0.306 e. The Morgan fingerprint density at radius 3 is 2.79 bits per heavy atom. The lowest BCUT2D eigenvalue weighted by Gasteiger charge is -2.21. The van der Waals surface area contributed by atoms with E-state index in [1.807, 2.05) is 30.6 Å². The molecule has 4 heteroatoms. The molecule has 1 aromatic heterocycles. The topological polar surface area (TPSA) is 24.9 Å². The molecule has 1 N–H and O–H groups in total. The van der Waals surface area contributed by atoms with Crippen LogP contribution in [0.4, 0.5) is 0 Å². The highest BCUT2D eigenvalue weighted by atomic mass is 79.9. The first-order valence-corrected chi connectivity index (χ1v) is 7.39. The molecular weight excluding hydrogens is 324 g/mol. The van der Waals surface area contributed by atoms with Crippen molar-refractivity contribution in [2.24, 2.45) is 0 Å². The average Bonchev–Trinajstić information content (AvgIpc) is 2.40. The van der Waals surface area contributed by atoms with Gasteiger partial charge in [-0.1, -0.05) is 34.5 Å². The molecular formula is C15H16BrClN2. The number of nitrogens with one attached hydrogen (secondary N) is 1. The van der Waals surface area contributed by atoms with Crippen molar-refractivity contribution in [1.29, 1.82) is 0 Å². The first-order valence-electron chi connectivity index (χ1n) is 6.22. The molecule has 0 saturated heterocycles. The highest BCUT2D eigenvalue weighted by molar-refractivity contribution is 9.10. The Labute approximate surface area is 127 Å². The van der Waals surface area contributed by atoms with Crippen molar-refractivity contribution in [2.75, 3.05) is 6.54 Å². The third-order valence-electron chi connectivity index (χ3n) is 3.07. The van der Waals surface area contributed by atoms with Crippen LogP contribution in [0.15, 0.2) is 41.1 Å². The Bertz CT molecular complexity index is 572. The number of halogens is 2. The van der Waals surface area contributed by atoms with Gasteiger partial charge in [0.05, 0.1) is 6.04 Å². The highest BCUT2D eigenvalue weighted by Gasteiger charge is 2.18. The molecule has 2 rings (SSSR count). The van der Waals surface area contributed by atoms with Gasteiger partial charge in [0.2, 0.25) is 0 Å². The van der Waals surface area contributed by atoms with Crippen LogP contribution in [0.25, 0.3) is 0 Å². The summed E-state index contributed by atoms with van der Waals surface area (Å²) in [5.74, 6) is 0. The maximum absolute atomic E-state index is 6.35. The lowest BCUT2D eigenvalue weighted by atomic mass is 9.96. The molecule has 0 bridgehead atoms. The van der Waals surface area contributed by atoms with Crippen LogP contribution in [0, 0.1) is 6.92 Å². The van der Waals surface area contributed by atoms with Crippen molar-refractivity contribution in [3.05, 3.63) is 62.8 Å². The van der Waals surface area contributed by atoms with Crippen molar-refractivity contribution >= 4 is 27.5 Å². The van der Waals surface area contributed by atoms with Crippen molar-refractivity contribution in [3.63, 3.8) is 0 Å². The highest BCUT2D eigenvalue weighted by Crippen LogP contribution is 2.31. The number of hydrogen-bond acceptors (Lipinski definition) is 2. The fraction of sp³-hybridized carbons (Fsp3) is 0.267. The smallest absolute Gasteiger partial charge is 0.0609 e. The minimum atomic E-state index is 0.0590. The summed E-state index contributed by atoms with van der Waals surface area (Å²) >= 11 is 9.85. The van der Waals surface area contributed by atoms with Gasteiger partial charge in [0.1, 0.15) is 0 Å². The van der Waals surface area contributed by atoms with E-state index in [-0.39, 0.29) is 6.04 Å². The molecule has 0 fully saturated rings. The van der Waals surface area contributed by atoms with Crippen molar-refractivity contribution in [2.45, 2.75) is 19.9 Å². The number of aryl methyl sites for hydroxylation is 1. The predicted octanol–water partition coefficient (Wildman–Crippen LogP) is 4.50. The molecule has 0 aliphatic heterocycles. The molecule has 0 aliphatic rings. The summed E-state index contributed by atoms with van der Waals surface area (Å²) < 4.78 is 1.02. The molecule has 0 aliphatic carbocycles. The molecule has 2 aromatic rings. The van der Waals surface area contributed by atoms with E-state index in [0.717, 1.165) is 27.2 Å². The molecule has 1 unspecified atom stereocenters. The maximum atomic E-state index is 6.35. The molecule has 0 amide bonds. The van der Waals surface area contributed by atoms with Gasteiger partial charge < -0.3 is 5.32 Å². The van der Waals surface area contributed by atoms with Gasteiger partial charge in [-0.15, -0.1) is 0 Å². The summed E-state index contributed by atoms with van der Waals surface area (Å²) in [7, 11) is 0. The normalized spacial score (nSPS) is 12.4. The third-order valence-corrected chi connectivity index (χ3v) is 3.91. The summed E-state index contributed by atoms with van der Waals surface area (Å²) in [5.41, 5.74) is 3.43. The third kappa shape index (κ3) is 3.35. The van der Waals surface area contributed by atoms with E-state index in [2.05, 4.69) is 46.1 Å². The summed E-state index contributed by atoms with van der Waals surface area (Å²) in [4.78, 5) is 4.23. The minimum absolute atomic E-state index is 0.0590. The molecule has 100 valence electrons. The SMILES string of the molecule is CCNC(c1cnccc1C)c1cc(Br)ccc1Cl. The Kier molecular flexibility index (Phi) is 4.97. The van der Waals surface area contributed by atoms with E-state index >= 15 is 0 Å². The monoisotopic (exact) mass is 338 g/mol. The predicted molar refractivity (Wildman–Crippen MR) is 83.6 cm³/mol. The van der Waals surface area contributed by atoms with Crippen LogP contribution in [0.3, 0.4) is 0 Å². The number of benzene rings is 1. The van der Waals surface area contributed by atoms with Crippen LogP contribution in [0.5, 0.6) is 0 Å². The molecule has 0 radical (unpaired) electrons. The first-order chi connectivity index (χ1) is 9.13. The zero-order valence-corrected chi connectivity index (χ0v) is 13.3. The number of rotatable bonds is 4. The maximum Gasteiger partial charge on any atom is 0.0609 e. The van der Waals surface area contributed by atoms with E-state index in [0.29, 0.717) is 0 Å². The van der Waals surface area contributed by atoms with Crippen LogP contribution in [-0.4, -0.2) is 11.5 Å². The molecule has 1 atom stereocenters. The van der Waals surface area contributed by atoms with E-state index in [1.54, 1.807) is 0 Å². The summed E-state index contributed by atoms with van der Waals surface area (Å²) in [6.07, 6.45) is 3.71. The molecule has 2 nitrogen and oxygen atoms in total. The number of hydrogen-bond donors (Lipinski definition) is 1. The second-order valence-corrected chi connectivity index (χ2v) is 5.71. The van der Waals surface area contributed by atoms with Gasteiger partial charge in [-0.3, -0.25) is 4.98 Å². The van der Waals surface area contributed by atoms with E-state index in [9.17, 15) is 0 Å². The quantitative estimate of drug-likeness (QED) is 0.887. The fourth-order valence-corrected chi connectivity index (χ4v) is 2.71. The zero-order valence-electron chi connectivity index (χ0n) is 11.0. The second-order valence-electron chi connectivity index (χ2n) is 4.39. The van der Waals surface area contributed by atoms with Gasteiger partial charge in [-0.2, -0.15) is 0 Å². The Morgan fingerprint density at radius 2 is 2.11 bits per heavy atom. The van der Waals surface area contributed by atoms with Gasteiger partial charge in [-0.05, 0) is 54.4 Å². The fourth-order valence-electron chi connectivity index (χ4n) is 2.11. The van der Waals surface area contributed by atoms with Crippen LogP contribution in [0.1, 0.15) is 29.7 Å². The van der Waals surface area contributed by atoms with E-state index < -0.39 is 0 Å². The Morgan fingerprint density at radius 1 is 1.32 bits per heavy atom.